The van der Waals surface area contributed by atoms with Gasteiger partial charge in [-0.3, -0.25) is 14.6 Å². The van der Waals surface area contributed by atoms with E-state index < -0.39 is 23.2 Å². The van der Waals surface area contributed by atoms with Gasteiger partial charge in [-0.15, -0.1) is 11.3 Å². The minimum absolute atomic E-state index is 0.378. The van der Waals surface area contributed by atoms with Gasteiger partial charge in [-0.1, -0.05) is 23.7 Å². The first-order valence-electron chi connectivity index (χ1n) is 7.19. The first-order valence-corrected chi connectivity index (χ1v) is 8.38. The normalized spacial score (nSPS) is 12.3. The first-order chi connectivity index (χ1) is 11.4. The number of hydrogen-bond acceptors (Lipinski definition) is 4. The van der Waals surface area contributed by atoms with Crippen LogP contribution in [-0.2, 0) is 4.79 Å². The number of rotatable bonds is 3. The lowest BCUT2D eigenvalue weighted by Crippen LogP contribution is -2.41. The highest BCUT2D eigenvalue weighted by Crippen LogP contribution is 2.22. The van der Waals surface area contributed by atoms with E-state index in [4.69, 9.17) is 11.6 Å². The smallest absolute Gasteiger partial charge is 0.323 e. The van der Waals surface area contributed by atoms with Crippen molar-refractivity contribution in [3.05, 3.63) is 61.1 Å². The number of nitrogens with one attached hydrogen (secondary N) is 2. The largest absolute Gasteiger partial charge is 0.330 e. The summed E-state index contributed by atoms with van der Waals surface area (Å²) in [6.45, 7) is 3.34. The highest BCUT2D eigenvalue weighted by Gasteiger charge is 2.21. The van der Waals surface area contributed by atoms with E-state index in [1.54, 1.807) is 30.3 Å². The predicted octanol–water partition coefficient (Wildman–Crippen LogP) is 2.91. The summed E-state index contributed by atoms with van der Waals surface area (Å²) in [7, 11) is 0. The van der Waals surface area contributed by atoms with Crippen molar-refractivity contribution >= 4 is 44.7 Å². The maximum absolute atomic E-state index is 12.6. The summed E-state index contributed by atoms with van der Waals surface area (Å²) in [6.07, 6.45) is 0. The fourth-order valence-electron chi connectivity index (χ4n) is 2.41. The molecule has 0 saturated carbocycles. The van der Waals surface area contributed by atoms with E-state index in [0.717, 1.165) is 9.44 Å². The average molecular weight is 364 g/mol. The lowest BCUT2D eigenvalue weighted by Gasteiger charge is -2.14. The van der Waals surface area contributed by atoms with E-state index >= 15 is 0 Å². The third-order valence-corrected chi connectivity index (χ3v) is 4.94. The van der Waals surface area contributed by atoms with Crippen molar-refractivity contribution in [3.8, 4) is 0 Å². The summed E-state index contributed by atoms with van der Waals surface area (Å²) >= 11 is 7.34. The van der Waals surface area contributed by atoms with Crippen molar-refractivity contribution in [2.75, 3.05) is 5.32 Å². The molecule has 3 rings (SSSR count). The standard InChI is InChI=1S/C16H14ClN3O3S/c1-8-7-10-14(24-8)19-16(23)20(15(10)22)9(2)13(21)18-12-6-4-3-5-11(12)17/h3-7,9H,1-2H3,(H,18,21)(H,19,23). The Bertz CT molecular complexity index is 1050. The number of carbonyl (C=O) groups excluding carboxylic acids is 1. The molecule has 1 amide bonds. The van der Waals surface area contributed by atoms with Crippen LogP contribution in [0.15, 0.2) is 39.9 Å². The summed E-state index contributed by atoms with van der Waals surface area (Å²) in [5.74, 6) is -0.498. The second kappa shape index (κ2) is 6.26. The molecule has 124 valence electrons. The van der Waals surface area contributed by atoms with Crippen LogP contribution in [0.2, 0.25) is 5.02 Å². The molecule has 2 heterocycles. The van der Waals surface area contributed by atoms with Gasteiger partial charge in [0.25, 0.3) is 5.56 Å². The topological polar surface area (TPSA) is 84.0 Å². The molecule has 24 heavy (non-hydrogen) atoms. The number of hydrogen-bond donors (Lipinski definition) is 2. The number of aromatic amines is 1. The Morgan fingerprint density at radius 1 is 1.33 bits per heavy atom. The molecule has 0 aliphatic carbocycles. The Hall–Kier alpha value is -2.38. The molecule has 0 spiro atoms. The molecule has 0 bridgehead atoms. The number of nitrogens with zero attached hydrogens (tertiary/aromatic N) is 1. The van der Waals surface area contributed by atoms with Crippen LogP contribution >= 0.6 is 22.9 Å². The lowest BCUT2D eigenvalue weighted by molar-refractivity contribution is -0.118. The fraction of sp³-hybridized carbons (Fsp3) is 0.188. The predicted molar refractivity (Wildman–Crippen MR) is 96.2 cm³/mol. The van der Waals surface area contributed by atoms with Gasteiger partial charge in [0.2, 0.25) is 5.91 Å². The van der Waals surface area contributed by atoms with Crippen LogP contribution in [0.4, 0.5) is 5.69 Å². The third-order valence-electron chi connectivity index (χ3n) is 3.64. The van der Waals surface area contributed by atoms with Gasteiger partial charge in [0.1, 0.15) is 10.9 Å². The molecule has 3 aromatic rings. The molecule has 0 aliphatic rings. The Morgan fingerprint density at radius 2 is 2.04 bits per heavy atom. The molecule has 6 nitrogen and oxygen atoms in total. The van der Waals surface area contributed by atoms with Crippen LogP contribution < -0.4 is 16.6 Å². The monoisotopic (exact) mass is 363 g/mol. The second-order valence-corrected chi connectivity index (χ2v) is 7.01. The van der Waals surface area contributed by atoms with Gasteiger partial charge in [-0.05, 0) is 32.0 Å². The van der Waals surface area contributed by atoms with E-state index in [9.17, 15) is 14.4 Å². The molecule has 1 unspecified atom stereocenters. The highest BCUT2D eigenvalue weighted by molar-refractivity contribution is 7.18. The third kappa shape index (κ3) is 2.88. The minimum Gasteiger partial charge on any atom is -0.323 e. The van der Waals surface area contributed by atoms with E-state index in [2.05, 4.69) is 10.3 Å². The van der Waals surface area contributed by atoms with Crippen molar-refractivity contribution in [2.24, 2.45) is 0 Å². The van der Waals surface area contributed by atoms with Crippen molar-refractivity contribution in [3.63, 3.8) is 0 Å². The summed E-state index contributed by atoms with van der Waals surface area (Å²) in [4.78, 5) is 41.3. The van der Waals surface area contributed by atoms with Crippen LogP contribution in [0.5, 0.6) is 0 Å². The Morgan fingerprint density at radius 3 is 2.75 bits per heavy atom. The molecule has 0 radical (unpaired) electrons. The summed E-state index contributed by atoms with van der Waals surface area (Å²) in [5, 5.41) is 3.41. The number of aromatic nitrogens is 2. The van der Waals surface area contributed by atoms with Crippen molar-refractivity contribution in [2.45, 2.75) is 19.9 Å². The van der Waals surface area contributed by atoms with Crippen LogP contribution in [0.1, 0.15) is 17.8 Å². The number of thiophene rings is 1. The van der Waals surface area contributed by atoms with E-state index in [1.165, 1.54) is 18.3 Å². The second-order valence-electron chi connectivity index (χ2n) is 5.35. The van der Waals surface area contributed by atoms with Gasteiger partial charge in [-0.25, -0.2) is 9.36 Å². The van der Waals surface area contributed by atoms with E-state index in [0.29, 0.717) is 20.9 Å². The van der Waals surface area contributed by atoms with Crippen molar-refractivity contribution in [1.82, 2.24) is 9.55 Å². The van der Waals surface area contributed by atoms with Gasteiger partial charge < -0.3 is 5.32 Å². The molecular weight excluding hydrogens is 350 g/mol. The average Bonchev–Trinajstić information content (AvgIpc) is 2.90. The van der Waals surface area contributed by atoms with Gasteiger partial charge in [0.05, 0.1) is 16.1 Å². The summed E-state index contributed by atoms with van der Waals surface area (Å²) in [6, 6.07) is 7.47. The minimum atomic E-state index is -0.984. The molecule has 1 aromatic carbocycles. The Balaban J connectivity index is 2.01. The molecular formula is C16H14ClN3O3S. The fourth-order valence-corrected chi connectivity index (χ4v) is 3.49. The lowest BCUT2D eigenvalue weighted by atomic mass is 10.2. The number of halogens is 1. The Kier molecular flexibility index (Phi) is 4.29. The highest BCUT2D eigenvalue weighted by atomic mass is 35.5. The number of carbonyl (C=O) groups is 1. The molecule has 2 aromatic heterocycles. The molecule has 2 N–H and O–H groups in total. The van der Waals surface area contributed by atoms with Gasteiger partial charge in [-0.2, -0.15) is 0 Å². The maximum Gasteiger partial charge on any atom is 0.330 e. The van der Waals surface area contributed by atoms with Crippen molar-refractivity contribution < 1.29 is 4.79 Å². The number of para-hydroxylation sites is 1. The number of fused-ring (bicyclic) bond motifs is 1. The number of aryl methyl sites for hydroxylation is 1. The molecule has 0 fully saturated rings. The van der Waals surface area contributed by atoms with Crippen molar-refractivity contribution in [1.29, 1.82) is 0 Å². The SMILES string of the molecule is Cc1cc2c(=O)n(C(C)C(=O)Nc3ccccc3Cl)c(=O)[nH]c2s1. The molecule has 8 heteroatoms. The molecule has 1 atom stereocenters. The zero-order valence-electron chi connectivity index (χ0n) is 12.9. The van der Waals surface area contributed by atoms with Gasteiger partial charge in [0.15, 0.2) is 0 Å². The summed E-state index contributed by atoms with van der Waals surface area (Å²) < 4.78 is 0.917. The van der Waals surface area contributed by atoms with Gasteiger partial charge in [0, 0.05) is 4.88 Å². The number of amides is 1. The van der Waals surface area contributed by atoms with Crippen LogP contribution in [0.3, 0.4) is 0 Å². The van der Waals surface area contributed by atoms with Crippen LogP contribution in [-0.4, -0.2) is 15.5 Å². The molecule has 0 saturated heterocycles. The maximum atomic E-state index is 12.6. The zero-order valence-corrected chi connectivity index (χ0v) is 14.5. The molecule has 0 aliphatic heterocycles. The number of H-pyrrole nitrogens is 1. The van der Waals surface area contributed by atoms with E-state index in [-0.39, 0.29) is 0 Å². The van der Waals surface area contributed by atoms with Gasteiger partial charge >= 0.3 is 5.69 Å². The van der Waals surface area contributed by atoms with Crippen LogP contribution in [0, 0.1) is 6.92 Å². The van der Waals surface area contributed by atoms with E-state index in [1.807, 2.05) is 6.92 Å². The van der Waals surface area contributed by atoms with Crippen LogP contribution in [0.25, 0.3) is 10.2 Å². The number of anilines is 1. The zero-order chi connectivity index (χ0) is 17.4. The number of benzene rings is 1. The quantitative estimate of drug-likeness (QED) is 0.750. The Labute approximate surface area is 145 Å². The first kappa shape index (κ1) is 16.5. The summed E-state index contributed by atoms with van der Waals surface area (Å²) in [5.41, 5.74) is -0.677.